The van der Waals surface area contributed by atoms with E-state index in [1.165, 1.54) is 6.92 Å². The van der Waals surface area contributed by atoms with Crippen molar-refractivity contribution in [3.05, 3.63) is 47.5 Å². The number of hydrogen-bond acceptors (Lipinski definition) is 6. The van der Waals surface area contributed by atoms with Crippen LogP contribution in [0, 0.1) is 13.8 Å². The molecular weight excluding hydrogens is 362 g/mol. The Kier molecular flexibility index (Phi) is 6.03. The number of carbonyl (C=O) groups excluding carboxylic acids is 2. The lowest BCUT2D eigenvalue weighted by atomic mass is 10.1. The van der Waals surface area contributed by atoms with Gasteiger partial charge in [0.05, 0.1) is 0 Å². The molecule has 7 heteroatoms. The number of amides is 1. The van der Waals surface area contributed by atoms with Crippen LogP contribution in [0.1, 0.15) is 18.1 Å². The number of nitrogens with one attached hydrogen (secondary N) is 1. The van der Waals surface area contributed by atoms with Gasteiger partial charge in [0, 0.05) is 11.8 Å². The first-order valence-corrected chi connectivity index (χ1v) is 9.02. The minimum Gasteiger partial charge on any atom is -0.486 e. The Morgan fingerprint density at radius 1 is 1.04 bits per heavy atom. The van der Waals surface area contributed by atoms with Crippen molar-refractivity contribution < 1.29 is 28.5 Å². The van der Waals surface area contributed by atoms with Crippen LogP contribution in [0.3, 0.4) is 0 Å². The maximum absolute atomic E-state index is 12.3. The summed E-state index contributed by atoms with van der Waals surface area (Å²) in [5.41, 5.74) is 2.61. The lowest BCUT2D eigenvalue weighted by molar-refractivity contribution is -0.155. The highest BCUT2D eigenvalue weighted by Crippen LogP contribution is 2.32. The molecule has 2 aromatic carbocycles. The predicted octanol–water partition coefficient (Wildman–Crippen LogP) is 3.02. The fourth-order valence-corrected chi connectivity index (χ4v) is 2.81. The summed E-state index contributed by atoms with van der Waals surface area (Å²) in [5, 5.41) is 2.69. The van der Waals surface area contributed by atoms with Crippen molar-refractivity contribution in [2.24, 2.45) is 0 Å². The summed E-state index contributed by atoms with van der Waals surface area (Å²) in [4.78, 5) is 24.3. The van der Waals surface area contributed by atoms with Crippen molar-refractivity contribution in [2.45, 2.75) is 26.9 Å². The molecule has 1 N–H and O–H groups in total. The smallest absolute Gasteiger partial charge is 0.344 e. The second kappa shape index (κ2) is 8.65. The molecule has 0 aromatic heterocycles. The Bertz CT molecular complexity index is 859. The van der Waals surface area contributed by atoms with E-state index in [2.05, 4.69) is 5.32 Å². The minimum atomic E-state index is -0.969. The van der Waals surface area contributed by atoms with Crippen molar-refractivity contribution in [1.29, 1.82) is 0 Å². The Morgan fingerprint density at radius 2 is 1.71 bits per heavy atom. The van der Waals surface area contributed by atoms with E-state index >= 15 is 0 Å². The van der Waals surface area contributed by atoms with E-state index in [0.29, 0.717) is 36.1 Å². The number of carbonyl (C=O) groups is 2. The number of fused-ring (bicyclic) bond motifs is 1. The first-order valence-electron chi connectivity index (χ1n) is 9.02. The summed E-state index contributed by atoms with van der Waals surface area (Å²) in [6.45, 7) is 6.08. The van der Waals surface area contributed by atoms with E-state index in [1.807, 2.05) is 32.0 Å². The Morgan fingerprint density at radius 3 is 2.43 bits per heavy atom. The fourth-order valence-electron chi connectivity index (χ4n) is 2.81. The number of ether oxygens (including phenoxy) is 4. The summed E-state index contributed by atoms with van der Waals surface area (Å²) in [6.07, 6.45) is -0.969. The topological polar surface area (TPSA) is 83.1 Å². The van der Waals surface area contributed by atoms with E-state index < -0.39 is 18.0 Å². The molecule has 1 aliphatic rings. The van der Waals surface area contributed by atoms with Gasteiger partial charge in [0.1, 0.15) is 19.0 Å². The zero-order valence-corrected chi connectivity index (χ0v) is 16.1. The maximum Gasteiger partial charge on any atom is 0.344 e. The molecule has 7 nitrogen and oxygen atoms in total. The van der Waals surface area contributed by atoms with E-state index in [9.17, 15) is 9.59 Å². The number of benzene rings is 2. The van der Waals surface area contributed by atoms with E-state index in [-0.39, 0.29) is 6.61 Å². The summed E-state index contributed by atoms with van der Waals surface area (Å²) >= 11 is 0. The van der Waals surface area contributed by atoms with Gasteiger partial charge in [-0.2, -0.15) is 0 Å². The molecule has 1 amide bonds. The lowest BCUT2D eigenvalue weighted by Gasteiger charge is -2.19. The van der Waals surface area contributed by atoms with Gasteiger partial charge in [-0.25, -0.2) is 4.79 Å². The molecular formula is C21H23NO6. The largest absolute Gasteiger partial charge is 0.486 e. The van der Waals surface area contributed by atoms with E-state index in [4.69, 9.17) is 18.9 Å². The fraction of sp³-hybridized carbons (Fsp3) is 0.333. The molecule has 0 aliphatic carbocycles. The molecule has 0 radical (unpaired) electrons. The van der Waals surface area contributed by atoms with Crippen LogP contribution >= 0.6 is 0 Å². The van der Waals surface area contributed by atoms with Gasteiger partial charge in [0.25, 0.3) is 5.91 Å². The molecule has 0 fully saturated rings. The van der Waals surface area contributed by atoms with Gasteiger partial charge in [-0.05, 0) is 56.2 Å². The Balaban J connectivity index is 1.50. The average Bonchev–Trinajstić information content (AvgIpc) is 2.65. The van der Waals surface area contributed by atoms with Gasteiger partial charge in [-0.15, -0.1) is 0 Å². The molecule has 148 valence electrons. The van der Waals surface area contributed by atoms with Gasteiger partial charge in [0.2, 0.25) is 0 Å². The normalized spacial score (nSPS) is 13.4. The molecule has 0 saturated carbocycles. The second-order valence-corrected chi connectivity index (χ2v) is 6.59. The highest BCUT2D eigenvalue weighted by Gasteiger charge is 2.19. The van der Waals surface area contributed by atoms with E-state index in [1.54, 1.807) is 18.2 Å². The summed E-state index contributed by atoms with van der Waals surface area (Å²) in [5.74, 6) is 0.714. The van der Waals surface area contributed by atoms with Crippen molar-refractivity contribution in [3.63, 3.8) is 0 Å². The first kappa shape index (κ1) is 19.5. The lowest BCUT2D eigenvalue weighted by Crippen LogP contribution is -2.31. The van der Waals surface area contributed by atoms with Crippen LogP contribution in [0.2, 0.25) is 0 Å². The Hall–Kier alpha value is -3.22. The van der Waals surface area contributed by atoms with Gasteiger partial charge in [0.15, 0.2) is 24.2 Å². The predicted molar refractivity (Wildman–Crippen MR) is 103 cm³/mol. The first-order chi connectivity index (χ1) is 13.4. The van der Waals surface area contributed by atoms with Crippen LogP contribution in [-0.2, 0) is 14.3 Å². The van der Waals surface area contributed by atoms with Crippen LogP contribution in [0.15, 0.2) is 36.4 Å². The second-order valence-electron chi connectivity index (χ2n) is 6.59. The van der Waals surface area contributed by atoms with Gasteiger partial charge >= 0.3 is 5.97 Å². The quantitative estimate of drug-likeness (QED) is 0.770. The SMILES string of the molecule is Cc1cc(C)cc(OCC(=O)OC(C)C(=O)Nc2ccc3c(c2)OCCO3)c1. The number of hydrogen-bond donors (Lipinski definition) is 1. The molecule has 1 atom stereocenters. The van der Waals surface area contributed by atoms with Crippen molar-refractivity contribution in [1.82, 2.24) is 0 Å². The summed E-state index contributed by atoms with van der Waals surface area (Å²) < 4.78 is 21.5. The summed E-state index contributed by atoms with van der Waals surface area (Å²) in [7, 11) is 0. The van der Waals surface area contributed by atoms with Crippen LogP contribution < -0.4 is 19.5 Å². The molecule has 1 aliphatic heterocycles. The molecule has 28 heavy (non-hydrogen) atoms. The van der Waals surface area contributed by atoms with Crippen LogP contribution in [0.4, 0.5) is 5.69 Å². The van der Waals surface area contributed by atoms with Crippen molar-refractivity contribution >= 4 is 17.6 Å². The minimum absolute atomic E-state index is 0.273. The zero-order valence-electron chi connectivity index (χ0n) is 16.1. The number of esters is 1. The van der Waals surface area contributed by atoms with Gasteiger partial charge < -0.3 is 24.3 Å². The van der Waals surface area contributed by atoms with Crippen molar-refractivity contribution in [3.8, 4) is 17.2 Å². The molecule has 0 spiro atoms. The molecule has 0 bridgehead atoms. The third-order valence-electron chi connectivity index (χ3n) is 4.04. The molecule has 2 aromatic rings. The average molecular weight is 385 g/mol. The van der Waals surface area contributed by atoms with E-state index in [0.717, 1.165) is 11.1 Å². The van der Waals surface area contributed by atoms with Gasteiger partial charge in [-0.1, -0.05) is 6.07 Å². The molecule has 1 unspecified atom stereocenters. The Labute approximate surface area is 163 Å². The highest BCUT2D eigenvalue weighted by molar-refractivity contribution is 5.95. The molecule has 0 saturated heterocycles. The van der Waals surface area contributed by atoms with Crippen LogP contribution in [0.5, 0.6) is 17.2 Å². The van der Waals surface area contributed by atoms with Crippen molar-refractivity contribution in [2.75, 3.05) is 25.1 Å². The third-order valence-corrected chi connectivity index (χ3v) is 4.04. The highest BCUT2D eigenvalue weighted by atomic mass is 16.6. The van der Waals surface area contributed by atoms with Crippen LogP contribution in [-0.4, -0.2) is 37.8 Å². The standard InChI is InChI=1S/C21H23NO6/c1-13-8-14(2)10-17(9-13)27-12-20(23)28-15(3)21(24)22-16-4-5-18-19(11-16)26-7-6-25-18/h4-5,8-11,15H,6-7,12H2,1-3H3,(H,22,24). The monoisotopic (exact) mass is 385 g/mol. The molecule has 3 rings (SSSR count). The molecule has 1 heterocycles. The zero-order chi connectivity index (χ0) is 20.1. The maximum atomic E-state index is 12.3. The summed E-state index contributed by atoms with van der Waals surface area (Å²) in [6, 6.07) is 10.8. The van der Waals surface area contributed by atoms with Crippen LogP contribution in [0.25, 0.3) is 0 Å². The third kappa shape index (κ3) is 5.16. The number of anilines is 1. The number of aryl methyl sites for hydroxylation is 2. The number of rotatable bonds is 6. The van der Waals surface area contributed by atoms with Gasteiger partial charge in [-0.3, -0.25) is 4.79 Å².